The summed E-state index contributed by atoms with van der Waals surface area (Å²) < 4.78 is 50.4. The summed E-state index contributed by atoms with van der Waals surface area (Å²) in [6.45, 7) is 8.09. The average molecular weight is 505 g/mol. The highest BCUT2D eigenvalue weighted by molar-refractivity contribution is 5.89. The van der Waals surface area contributed by atoms with Gasteiger partial charge < -0.3 is 9.47 Å². The van der Waals surface area contributed by atoms with Crippen LogP contribution in [-0.4, -0.2) is 11.9 Å². The number of hydrogen-bond acceptors (Lipinski definition) is 4. The van der Waals surface area contributed by atoms with Crippen molar-refractivity contribution >= 4 is 36.2 Å². The monoisotopic (exact) mass is 504 g/mol. The van der Waals surface area contributed by atoms with Crippen LogP contribution in [0, 0.1) is 0 Å². The summed E-state index contributed by atoms with van der Waals surface area (Å²) in [5.74, 6) is -1.60. The molecular weight excluding hydrogens is 481 g/mol. The Morgan fingerprint density at radius 1 is 0.757 bits per heavy atom. The number of rotatable bonds is 8. The standard InChI is InChI=1S/C30H23F3O4/c1-4-28(34)36-25-16-13-23(14-17-25)10-9-21-5-7-22(8-6-21)11-12-24-15-18-27(37-29(35)20(2)3)26(19-24)30(31,32)33/h4-19H,1-2H2,3H3/b10-9+,12-11+. The first-order valence-electron chi connectivity index (χ1n) is 11.0. The van der Waals surface area contributed by atoms with Crippen LogP contribution in [0.5, 0.6) is 11.5 Å². The topological polar surface area (TPSA) is 52.6 Å². The third kappa shape index (κ3) is 7.93. The van der Waals surface area contributed by atoms with Crippen molar-refractivity contribution in [1.82, 2.24) is 0 Å². The lowest BCUT2D eigenvalue weighted by atomic mass is 10.1. The summed E-state index contributed by atoms with van der Waals surface area (Å²) in [5, 5.41) is 0. The first-order valence-corrected chi connectivity index (χ1v) is 11.0. The van der Waals surface area contributed by atoms with E-state index in [1.54, 1.807) is 36.4 Å². The van der Waals surface area contributed by atoms with Crippen molar-refractivity contribution < 1.29 is 32.2 Å². The molecule has 0 atom stereocenters. The predicted molar refractivity (Wildman–Crippen MR) is 138 cm³/mol. The number of benzene rings is 3. The Morgan fingerprint density at radius 3 is 1.68 bits per heavy atom. The molecule has 0 aliphatic heterocycles. The van der Waals surface area contributed by atoms with Gasteiger partial charge in [0.1, 0.15) is 11.5 Å². The van der Waals surface area contributed by atoms with E-state index < -0.39 is 29.4 Å². The maximum atomic E-state index is 13.5. The van der Waals surface area contributed by atoms with E-state index >= 15 is 0 Å². The van der Waals surface area contributed by atoms with Crippen molar-refractivity contribution in [3.63, 3.8) is 0 Å². The number of halogens is 3. The fourth-order valence-electron chi connectivity index (χ4n) is 3.06. The number of alkyl halides is 3. The maximum absolute atomic E-state index is 13.5. The van der Waals surface area contributed by atoms with Gasteiger partial charge in [-0.05, 0) is 53.4 Å². The van der Waals surface area contributed by atoms with Gasteiger partial charge in [0, 0.05) is 11.6 Å². The van der Waals surface area contributed by atoms with Crippen molar-refractivity contribution in [2.24, 2.45) is 0 Å². The van der Waals surface area contributed by atoms with Crippen LogP contribution in [0.3, 0.4) is 0 Å². The van der Waals surface area contributed by atoms with Crippen molar-refractivity contribution in [2.75, 3.05) is 0 Å². The molecule has 0 aromatic heterocycles. The summed E-state index contributed by atoms with van der Waals surface area (Å²) in [5.41, 5.74) is 1.87. The molecule has 0 saturated heterocycles. The SMILES string of the molecule is C=CC(=O)Oc1ccc(/C=C/c2ccc(/C=C/c3ccc(OC(=O)C(=C)C)c(C(F)(F)F)c3)cc2)cc1. The average Bonchev–Trinajstić information content (AvgIpc) is 2.87. The number of esters is 2. The minimum absolute atomic E-state index is 0.000150. The molecule has 0 spiro atoms. The Kier molecular flexibility index (Phi) is 8.64. The van der Waals surface area contributed by atoms with Gasteiger partial charge in [-0.25, -0.2) is 9.59 Å². The molecule has 3 rings (SSSR count). The van der Waals surface area contributed by atoms with Crippen molar-refractivity contribution in [2.45, 2.75) is 13.1 Å². The third-order valence-corrected chi connectivity index (χ3v) is 5.00. The molecule has 0 bridgehead atoms. The van der Waals surface area contributed by atoms with E-state index in [1.165, 1.54) is 13.0 Å². The normalized spacial score (nSPS) is 11.5. The van der Waals surface area contributed by atoms with Crippen molar-refractivity contribution in [1.29, 1.82) is 0 Å². The molecule has 0 aliphatic rings. The van der Waals surface area contributed by atoms with Crippen LogP contribution >= 0.6 is 0 Å². The Labute approximate surface area is 212 Å². The van der Waals surface area contributed by atoms with E-state index in [4.69, 9.17) is 9.47 Å². The van der Waals surface area contributed by atoms with E-state index in [9.17, 15) is 22.8 Å². The molecule has 7 heteroatoms. The highest BCUT2D eigenvalue weighted by Gasteiger charge is 2.35. The summed E-state index contributed by atoms with van der Waals surface area (Å²) in [6.07, 6.45) is 3.42. The minimum atomic E-state index is -4.70. The number of carbonyl (C=O) groups is 2. The molecule has 0 N–H and O–H groups in total. The Balaban J connectivity index is 1.69. The summed E-state index contributed by atoms with van der Waals surface area (Å²) in [4.78, 5) is 22.9. The Bertz CT molecular complexity index is 1360. The Morgan fingerprint density at radius 2 is 1.22 bits per heavy atom. The molecular formula is C30H23F3O4. The van der Waals surface area contributed by atoms with E-state index in [0.29, 0.717) is 11.3 Å². The van der Waals surface area contributed by atoms with E-state index in [2.05, 4.69) is 13.2 Å². The van der Waals surface area contributed by atoms with Gasteiger partial charge in [0.05, 0.1) is 5.56 Å². The van der Waals surface area contributed by atoms with Gasteiger partial charge in [0.15, 0.2) is 0 Å². The van der Waals surface area contributed by atoms with Gasteiger partial charge >= 0.3 is 18.1 Å². The zero-order valence-electron chi connectivity index (χ0n) is 19.9. The van der Waals surface area contributed by atoms with Crippen molar-refractivity contribution in [3.8, 4) is 11.5 Å². The van der Waals surface area contributed by atoms with Gasteiger partial charge in [-0.3, -0.25) is 0 Å². The van der Waals surface area contributed by atoms with Crippen LogP contribution in [0.2, 0.25) is 0 Å². The summed E-state index contributed by atoms with van der Waals surface area (Å²) >= 11 is 0. The van der Waals surface area contributed by atoms with Crippen LogP contribution < -0.4 is 9.47 Å². The molecule has 37 heavy (non-hydrogen) atoms. The molecule has 0 aliphatic carbocycles. The van der Waals surface area contributed by atoms with Crippen LogP contribution in [0.1, 0.15) is 34.7 Å². The fourth-order valence-corrected chi connectivity index (χ4v) is 3.06. The van der Waals surface area contributed by atoms with Crippen molar-refractivity contribution in [3.05, 3.63) is 119 Å². The van der Waals surface area contributed by atoms with Gasteiger partial charge in [0.2, 0.25) is 0 Å². The first-order chi connectivity index (χ1) is 17.5. The smallest absolute Gasteiger partial charge is 0.420 e. The lowest BCUT2D eigenvalue weighted by Gasteiger charge is -2.13. The molecule has 3 aromatic rings. The zero-order chi connectivity index (χ0) is 27.0. The van der Waals surface area contributed by atoms with E-state index in [-0.39, 0.29) is 5.57 Å². The molecule has 0 saturated carbocycles. The largest absolute Gasteiger partial charge is 0.423 e. The maximum Gasteiger partial charge on any atom is 0.420 e. The predicted octanol–water partition coefficient (Wildman–Crippen LogP) is 7.62. The molecule has 0 fully saturated rings. The summed E-state index contributed by atoms with van der Waals surface area (Å²) in [6, 6.07) is 17.9. The molecule has 0 amide bonds. The van der Waals surface area contributed by atoms with Gasteiger partial charge in [-0.1, -0.05) is 79.9 Å². The lowest BCUT2D eigenvalue weighted by Crippen LogP contribution is -2.14. The highest BCUT2D eigenvalue weighted by Crippen LogP contribution is 2.37. The second kappa shape index (κ2) is 11.9. The molecule has 4 nitrogen and oxygen atoms in total. The van der Waals surface area contributed by atoms with Gasteiger partial charge in [-0.2, -0.15) is 13.2 Å². The van der Waals surface area contributed by atoms with E-state index in [1.807, 2.05) is 36.4 Å². The molecule has 0 heterocycles. The Hall–Kier alpha value is -4.65. The first kappa shape index (κ1) is 26.9. The van der Waals surface area contributed by atoms with E-state index in [0.717, 1.165) is 34.9 Å². The molecule has 3 aromatic carbocycles. The zero-order valence-corrected chi connectivity index (χ0v) is 19.9. The fraction of sp³-hybridized carbons (Fsp3) is 0.0667. The van der Waals surface area contributed by atoms with Crippen LogP contribution in [0.25, 0.3) is 24.3 Å². The lowest BCUT2D eigenvalue weighted by molar-refractivity contribution is -0.141. The van der Waals surface area contributed by atoms with Gasteiger partial charge in [-0.15, -0.1) is 0 Å². The molecule has 188 valence electrons. The second-order valence-corrected chi connectivity index (χ2v) is 7.95. The van der Waals surface area contributed by atoms with Gasteiger partial charge in [0.25, 0.3) is 0 Å². The minimum Gasteiger partial charge on any atom is -0.423 e. The summed E-state index contributed by atoms with van der Waals surface area (Å²) in [7, 11) is 0. The number of hydrogen-bond donors (Lipinski definition) is 0. The second-order valence-electron chi connectivity index (χ2n) is 7.95. The molecule has 0 radical (unpaired) electrons. The van der Waals surface area contributed by atoms with Crippen LogP contribution in [0.15, 0.2) is 91.5 Å². The highest BCUT2D eigenvalue weighted by atomic mass is 19.4. The van der Waals surface area contributed by atoms with Crippen LogP contribution in [-0.2, 0) is 15.8 Å². The van der Waals surface area contributed by atoms with Crippen LogP contribution in [0.4, 0.5) is 13.2 Å². The molecule has 0 unspecified atom stereocenters. The number of carbonyl (C=O) groups excluding carboxylic acids is 2. The number of ether oxygens (including phenoxy) is 2. The quantitative estimate of drug-likeness (QED) is 0.137. The third-order valence-electron chi connectivity index (χ3n) is 5.00.